The molecule has 6 heteroatoms. The third-order valence-corrected chi connectivity index (χ3v) is 4.19. The second kappa shape index (κ2) is 22.9. The summed E-state index contributed by atoms with van der Waals surface area (Å²) in [6.45, 7) is 2.26. The standard InChI is InChI=1S/C19H36O4.2H3N/c1-2-3-4-5-6-7-8-9-10-11-12-13-14-15-16-17-18(20)23-19(21)22;;/h2-17H2,1H3,(H,21,22);2*1H3. The number of rotatable bonds is 16. The number of carboxylic acid groups (broad SMARTS) is 1. The zero-order valence-electron chi connectivity index (χ0n) is 16.4. The van der Waals surface area contributed by atoms with Crippen LogP contribution in [-0.2, 0) is 9.53 Å². The molecule has 0 bridgehead atoms. The average molecular weight is 363 g/mol. The van der Waals surface area contributed by atoms with E-state index in [1.54, 1.807) is 0 Å². The van der Waals surface area contributed by atoms with Gasteiger partial charge in [0.2, 0.25) is 0 Å². The molecule has 6 nitrogen and oxygen atoms in total. The van der Waals surface area contributed by atoms with Crippen LogP contribution in [0.1, 0.15) is 110 Å². The number of hydrogen-bond donors (Lipinski definition) is 3. The van der Waals surface area contributed by atoms with Gasteiger partial charge in [-0.3, -0.25) is 4.79 Å². The van der Waals surface area contributed by atoms with Crippen molar-refractivity contribution in [1.82, 2.24) is 12.3 Å². The van der Waals surface area contributed by atoms with Crippen molar-refractivity contribution in [3.8, 4) is 0 Å². The molecule has 0 saturated heterocycles. The van der Waals surface area contributed by atoms with Crippen molar-refractivity contribution in [2.45, 2.75) is 110 Å². The average Bonchev–Trinajstić information content (AvgIpc) is 2.50. The number of carbonyl (C=O) groups excluding carboxylic acids is 1. The molecule has 0 spiro atoms. The third kappa shape index (κ3) is 25.2. The topological polar surface area (TPSA) is 134 Å². The molecular weight excluding hydrogens is 320 g/mol. The summed E-state index contributed by atoms with van der Waals surface area (Å²) in [5.74, 6) is -0.632. The van der Waals surface area contributed by atoms with Gasteiger partial charge in [-0.1, -0.05) is 96.8 Å². The lowest BCUT2D eigenvalue weighted by atomic mass is 10.0. The van der Waals surface area contributed by atoms with Crippen molar-refractivity contribution < 1.29 is 19.4 Å². The molecule has 0 aromatic rings. The largest absolute Gasteiger partial charge is 0.513 e. The predicted octanol–water partition coefficient (Wildman–Crippen LogP) is 6.79. The summed E-state index contributed by atoms with van der Waals surface area (Å²) in [6.07, 6.45) is 17.8. The first-order chi connectivity index (χ1) is 11.2. The first-order valence-electron chi connectivity index (χ1n) is 9.60. The number of hydrogen-bond acceptors (Lipinski definition) is 5. The molecule has 0 fully saturated rings. The number of esters is 1. The summed E-state index contributed by atoms with van der Waals surface area (Å²) in [5, 5.41) is 8.27. The summed E-state index contributed by atoms with van der Waals surface area (Å²) in [5.41, 5.74) is 0. The molecule has 0 saturated carbocycles. The molecule has 0 rings (SSSR count). The van der Waals surface area contributed by atoms with Crippen molar-refractivity contribution in [2.24, 2.45) is 0 Å². The molecule has 152 valence electrons. The van der Waals surface area contributed by atoms with E-state index in [1.165, 1.54) is 77.0 Å². The Bertz CT molecular complexity index is 299. The Balaban J connectivity index is -0.00000242. The lowest BCUT2D eigenvalue weighted by molar-refractivity contribution is -0.139. The van der Waals surface area contributed by atoms with Gasteiger partial charge in [0.05, 0.1) is 0 Å². The maximum absolute atomic E-state index is 11.0. The molecule has 25 heavy (non-hydrogen) atoms. The van der Waals surface area contributed by atoms with Gasteiger partial charge >= 0.3 is 12.1 Å². The van der Waals surface area contributed by atoms with Crippen LogP contribution in [0.15, 0.2) is 0 Å². The van der Waals surface area contributed by atoms with Crippen LogP contribution in [0.4, 0.5) is 4.79 Å². The highest BCUT2D eigenvalue weighted by atomic mass is 16.7. The number of ether oxygens (including phenoxy) is 1. The minimum Gasteiger partial charge on any atom is -0.449 e. The Morgan fingerprint density at radius 3 is 1.28 bits per heavy atom. The highest BCUT2D eigenvalue weighted by molar-refractivity contribution is 5.80. The Morgan fingerprint density at radius 2 is 0.960 bits per heavy atom. The van der Waals surface area contributed by atoms with Gasteiger partial charge in [-0.05, 0) is 6.42 Å². The summed E-state index contributed by atoms with van der Waals surface area (Å²) >= 11 is 0. The van der Waals surface area contributed by atoms with Crippen molar-refractivity contribution in [3.05, 3.63) is 0 Å². The molecule has 0 unspecified atom stereocenters. The Morgan fingerprint density at radius 1 is 0.640 bits per heavy atom. The van der Waals surface area contributed by atoms with Gasteiger partial charge in [0.15, 0.2) is 0 Å². The Kier molecular flexibility index (Phi) is 26.2. The first-order valence-corrected chi connectivity index (χ1v) is 9.60. The predicted molar refractivity (Wildman–Crippen MR) is 104 cm³/mol. The molecule has 0 amide bonds. The molecular formula is C19H42N2O4. The van der Waals surface area contributed by atoms with Crippen LogP contribution in [-0.4, -0.2) is 17.2 Å². The SMILES string of the molecule is CCCCCCCCCCCCCCCCCC(=O)OC(=O)O.N.N. The maximum atomic E-state index is 11.0. The van der Waals surface area contributed by atoms with Crippen molar-refractivity contribution in [3.63, 3.8) is 0 Å². The quantitative estimate of drug-likeness (QED) is 0.157. The zero-order chi connectivity index (χ0) is 17.2. The molecule has 0 heterocycles. The van der Waals surface area contributed by atoms with Crippen molar-refractivity contribution in [2.75, 3.05) is 0 Å². The van der Waals surface area contributed by atoms with E-state index in [2.05, 4.69) is 11.7 Å². The van der Waals surface area contributed by atoms with Crippen LogP contribution in [0.5, 0.6) is 0 Å². The summed E-state index contributed by atoms with van der Waals surface area (Å²) in [6, 6.07) is 0. The normalized spacial score (nSPS) is 9.80. The van der Waals surface area contributed by atoms with E-state index >= 15 is 0 Å². The van der Waals surface area contributed by atoms with E-state index in [9.17, 15) is 9.59 Å². The monoisotopic (exact) mass is 362 g/mol. The summed E-state index contributed by atoms with van der Waals surface area (Å²) in [4.78, 5) is 21.1. The molecule has 0 aliphatic heterocycles. The Labute approximate surface area is 154 Å². The van der Waals surface area contributed by atoms with Gasteiger partial charge in [0.1, 0.15) is 0 Å². The second-order valence-electron chi connectivity index (χ2n) is 6.44. The van der Waals surface area contributed by atoms with E-state index in [0.717, 1.165) is 19.3 Å². The smallest absolute Gasteiger partial charge is 0.449 e. The summed E-state index contributed by atoms with van der Waals surface area (Å²) < 4.78 is 4.05. The highest BCUT2D eigenvalue weighted by Gasteiger charge is 2.07. The first kappa shape index (κ1) is 28.7. The van der Waals surface area contributed by atoms with Crippen LogP contribution in [0.3, 0.4) is 0 Å². The fourth-order valence-corrected chi connectivity index (χ4v) is 2.79. The maximum Gasteiger partial charge on any atom is 0.513 e. The Hall–Kier alpha value is -1.14. The molecule has 0 aromatic carbocycles. The van der Waals surface area contributed by atoms with Crippen LogP contribution in [0, 0.1) is 0 Å². The van der Waals surface area contributed by atoms with Gasteiger partial charge in [-0.25, -0.2) is 4.79 Å². The third-order valence-electron chi connectivity index (χ3n) is 4.19. The van der Waals surface area contributed by atoms with Crippen LogP contribution in [0.2, 0.25) is 0 Å². The second-order valence-corrected chi connectivity index (χ2v) is 6.44. The van der Waals surface area contributed by atoms with Crippen molar-refractivity contribution >= 4 is 12.1 Å². The van der Waals surface area contributed by atoms with Gasteiger partial charge in [0, 0.05) is 6.42 Å². The minimum absolute atomic E-state index is 0. The molecule has 0 atom stereocenters. The van der Waals surface area contributed by atoms with E-state index in [-0.39, 0.29) is 18.7 Å². The van der Waals surface area contributed by atoms with Gasteiger partial charge in [-0.15, -0.1) is 0 Å². The molecule has 7 N–H and O–H groups in total. The highest BCUT2D eigenvalue weighted by Crippen LogP contribution is 2.13. The van der Waals surface area contributed by atoms with Gasteiger partial charge < -0.3 is 22.1 Å². The van der Waals surface area contributed by atoms with Crippen LogP contribution < -0.4 is 12.3 Å². The fourth-order valence-electron chi connectivity index (χ4n) is 2.79. The molecule has 0 aromatic heterocycles. The zero-order valence-corrected chi connectivity index (χ0v) is 16.4. The van der Waals surface area contributed by atoms with E-state index in [4.69, 9.17) is 5.11 Å². The molecule has 0 radical (unpaired) electrons. The number of carbonyl (C=O) groups is 2. The van der Waals surface area contributed by atoms with E-state index in [0.29, 0.717) is 0 Å². The van der Waals surface area contributed by atoms with Crippen LogP contribution >= 0.6 is 0 Å². The summed E-state index contributed by atoms with van der Waals surface area (Å²) in [7, 11) is 0. The van der Waals surface area contributed by atoms with Gasteiger partial charge in [0.25, 0.3) is 0 Å². The molecule has 0 aliphatic rings. The number of unbranched alkanes of at least 4 members (excludes halogenated alkanes) is 14. The fraction of sp³-hybridized carbons (Fsp3) is 0.895. The minimum atomic E-state index is -1.50. The van der Waals surface area contributed by atoms with E-state index < -0.39 is 12.1 Å². The molecule has 0 aliphatic carbocycles. The lowest BCUT2D eigenvalue weighted by Gasteiger charge is -2.03. The van der Waals surface area contributed by atoms with E-state index in [1.807, 2.05) is 0 Å². The van der Waals surface area contributed by atoms with Crippen molar-refractivity contribution in [1.29, 1.82) is 0 Å². The van der Waals surface area contributed by atoms with Gasteiger partial charge in [-0.2, -0.15) is 0 Å². The van der Waals surface area contributed by atoms with Crippen LogP contribution in [0.25, 0.3) is 0 Å². The lowest BCUT2D eigenvalue weighted by Crippen LogP contribution is -2.09.